The van der Waals surface area contributed by atoms with Gasteiger partial charge in [0.2, 0.25) is 0 Å². The fraction of sp³-hybridized carbons (Fsp3) is 0.192. The lowest BCUT2D eigenvalue weighted by Crippen LogP contribution is -2.39. The third-order valence-corrected chi connectivity index (χ3v) is 5.57. The predicted molar refractivity (Wildman–Crippen MR) is 126 cm³/mol. The Morgan fingerprint density at radius 2 is 1.72 bits per heavy atom. The van der Waals surface area contributed by atoms with Crippen LogP contribution in [-0.4, -0.2) is 20.9 Å². The maximum absolute atomic E-state index is 13.1. The Morgan fingerprint density at radius 1 is 0.969 bits per heavy atom. The fourth-order valence-corrected chi connectivity index (χ4v) is 3.64. The molecular weight excluding hydrogens is 400 g/mol. The normalized spacial score (nSPS) is 10.8. The molecule has 2 N–H and O–H groups in total. The number of rotatable bonds is 6. The Bertz CT molecular complexity index is 1280. The standard InChI is InChI=1S/C26H26N4O2/c1-18-11-22-13-23(25(31)29-24(22)12-19(18)2)17-30(16-21-9-6-10-27-14-21)26(32)28-15-20-7-4-3-5-8-20/h3-14H,15-17H2,1-2H3,(H,28,32)(H,29,31). The van der Waals surface area contributed by atoms with Gasteiger partial charge in [-0.2, -0.15) is 0 Å². The Balaban J connectivity index is 1.60. The van der Waals surface area contributed by atoms with E-state index in [0.29, 0.717) is 18.7 Å². The molecule has 2 aromatic carbocycles. The molecule has 4 rings (SSSR count). The van der Waals surface area contributed by atoms with E-state index in [4.69, 9.17) is 0 Å². The van der Waals surface area contributed by atoms with Crippen molar-refractivity contribution in [2.24, 2.45) is 0 Å². The van der Waals surface area contributed by atoms with Gasteiger partial charge in [-0.05, 0) is 65.8 Å². The molecule has 2 heterocycles. The number of fused-ring (bicyclic) bond motifs is 1. The molecule has 0 bridgehead atoms. The van der Waals surface area contributed by atoms with Gasteiger partial charge in [0, 0.05) is 36.6 Å². The van der Waals surface area contributed by atoms with Gasteiger partial charge >= 0.3 is 6.03 Å². The van der Waals surface area contributed by atoms with Crippen LogP contribution in [0.25, 0.3) is 10.9 Å². The summed E-state index contributed by atoms with van der Waals surface area (Å²) in [6, 6.07) is 19.2. The molecule has 0 aliphatic heterocycles. The summed E-state index contributed by atoms with van der Waals surface area (Å²) in [6.45, 7) is 5.02. The lowest BCUT2D eigenvalue weighted by atomic mass is 10.0. The van der Waals surface area contributed by atoms with Crippen LogP contribution in [-0.2, 0) is 19.6 Å². The molecule has 162 valence electrons. The van der Waals surface area contributed by atoms with Crippen molar-refractivity contribution in [2.45, 2.75) is 33.5 Å². The number of hydrogen-bond donors (Lipinski definition) is 2. The number of carbonyl (C=O) groups is 1. The zero-order valence-electron chi connectivity index (χ0n) is 18.3. The van der Waals surface area contributed by atoms with Gasteiger partial charge in [0.1, 0.15) is 0 Å². The van der Waals surface area contributed by atoms with Crippen molar-refractivity contribution in [3.63, 3.8) is 0 Å². The highest BCUT2D eigenvalue weighted by Gasteiger charge is 2.17. The number of hydrogen-bond acceptors (Lipinski definition) is 3. The molecule has 0 unspecified atom stereocenters. The predicted octanol–water partition coefficient (Wildman–Crippen LogP) is 4.45. The van der Waals surface area contributed by atoms with Gasteiger partial charge in [0.15, 0.2) is 0 Å². The monoisotopic (exact) mass is 426 g/mol. The highest BCUT2D eigenvalue weighted by Crippen LogP contribution is 2.18. The van der Waals surface area contributed by atoms with Crippen molar-refractivity contribution in [1.29, 1.82) is 0 Å². The summed E-state index contributed by atoms with van der Waals surface area (Å²) in [6.07, 6.45) is 3.43. The molecule has 0 spiro atoms. The maximum Gasteiger partial charge on any atom is 0.318 e. The molecule has 0 fully saturated rings. The third-order valence-electron chi connectivity index (χ3n) is 5.57. The molecule has 0 aliphatic rings. The molecule has 6 nitrogen and oxygen atoms in total. The Morgan fingerprint density at radius 3 is 2.47 bits per heavy atom. The van der Waals surface area contributed by atoms with Crippen molar-refractivity contribution >= 4 is 16.9 Å². The molecule has 4 aromatic rings. The number of aromatic amines is 1. The van der Waals surface area contributed by atoms with Crippen LogP contribution in [0.5, 0.6) is 0 Å². The first kappa shape index (κ1) is 21.3. The van der Waals surface area contributed by atoms with Crippen LogP contribution in [0.15, 0.2) is 77.9 Å². The van der Waals surface area contributed by atoms with Crippen molar-refractivity contribution in [3.05, 3.63) is 111 Å². The van der Waals surface area contributed by atoms with E-state index in [0.717, 1.165) is 33.2 Å². The molecule has 2 aromatic heterocycles. The van der Waals surface area contributed by atoms with E-state index >= 15 is 0 Å². The lowest BCUT2D eigenvalue weighted by molar-refractivity contribution is 0.191. The minimum Gasteiger partial charge on any atom is -0.334 e. The number of pyridine rings is 2. The minimum atomic E-state index is -0.239. The van der Waals surface area contributed by atoms with E-state index in [1.807, 2.05) is 68.4 Å². The van der Waals surface area contributed by atoms with Crippen LogP contribution in [0.3, 0.4) is 0 Å². The zero-order valence-corrected chi connectivity index (χ0v) is 18.3. The van der Waals surface area contributed by atoms with Gasteiger partial charge in [-0.25, -0.2) is 4.79 Å². The van der Waals surface area contributed by atoms with E-state index in [9.17, 15) is 9.59 Å². The Kier molecular flexibility index (Phi) is 6.31. The summed E-state index contributed by atoms with van der Waals surface area (Å²) >= 11 is 0. The fourth-order valence-electron chi connectivity index (χ4n) is 3.64. The first-order valence-electron chi connectivity index (χ1n) is 10.6. The number of H-pyrrole nitrogens is 1. The van der Waals surface area contributed by atoms with Gasteiger partial charge in [0.25, 0.3) is 5.56 Å². The highest BCUT2D eigenvalue weighted by atomic mass is 16.2. The van der Waals surface area contributed by atoms with E-state index in [1.54, 1.807) is 17.3 Å². The Hall–Kier alpha value is -3.93. The molecule has 0 aliphatic carbocycles. The van der Waals surface area contributed by atoms with E-state index < -0.39 is 0 Å². The van der Waals surface area contributed by atoms with Gasteiger partial charge in [-0.15, -0.1) is 0 Å². The summed E-state index contributed by atoms with van der Waals surface area (Å²) in [5.41, 5.74) is 5.34. The van der Waals surface area contributed by atoms with Gasteiger partial charge < -0.3 is 15.2 Å². The number of amides is 2. The summed E-state index contributed by atoms with van der Waals surface area (Å²) in [4.78, 5) is 34.6. The topological polar surface area (TPSA) is 78.1 Å². The summed E-state index contributed by atoms with van der Waals surface area (Å²) < 4.78 is 0. The molecular formula is C26H26N4O2. The summed E-state index contributed by atoms with van der Waals surface area (Å²) in [5, 5.41) is 3.92. The van der Waals surface area contributed by atoms with Gasteiger partial charge in [-0.1, -0.05) is 36.4 Å². The van der Waals surface area contributed by atoms with Gasteiger partial charge in [0.05, 0.1) is 6.54 Å². The summed E-state index contributed by atoms with van der Waals surface area (Å²) in [7, 11) is 0. The van der Waals surface area contributed by atoms with Crippen LogP contribution >= 0.6 is 0 Å². The number of carbonyl (C=O) groups excluding carboxylic acids is 1. The molecule has 2 amide bonds. The van der Waals surface area contributed by atoms with E-state index in [2.05, 4.69) is 21.4 Å². The number of urea groups is 1. The van der Waals surface area contributed by atoms with Crippen molar-refractivity contribution in [2.75, 3.05) is 0 Å². The molecule has 0 radical (unpaired) electrons. The van der Waals surface area contributed by atoms with Crippen molar-refractivity contribution in [3.8, 4) is 0 Å². The second kappa shape index (κ2) is 9.47. The quantitative estimate of drug-likeness (QED) is 0.478. The van der Waals surface area contributed by atoms with E-state index in [1.165, 1.54) is 0 Å². The number of nitrogens with one attached hydrogen (secondary N) is 2. The molecule has 6 heteroatoms. The lowest BCUT2D eigenvalue weighted by Gasteiger charge is -2.23. The molecule has 0 saturated heterocycles. The number of aromatic nitrogens is 2. The largest absolute Gasteiger partial charge is 0.334 e. The first-order chi connectivity index (χ1) is 15.5. The van der Waals surface area contributed by atoms with Gasteiger partial charge in [-0.3, -0.25) is 9.78 Å². The van der Waals surface area contributed by atoms with Crippen LogP contribution in [0.1, 0.15) is 27.8 Å². The molecule has 32 heavy (non-hydrogen) atoms. The van der Waals surface area contributed by atoms with Crippen molar-refractivity contribution < 1.29 is 4.79 Å². The SMILES string of the molecule is Cc1cc2cc(CN(Cc3cccnc3)C(=O)NCc3ccccc3)c(=O)[nH]c2cc1C. The second-order valence-electron chi connectivity index (χ2n) is 8.01. The third kappa shape index (κ3) is 5.03. The zero-order chi connectivity index (χ0) is 22.5. The minimum absolute atomic E-state index is 0.187. The van der Waals surface area contributed by atoms with Crippen LogP contribution < -0.4 is 10.9 Å². The smallest absolute Gasteiger partial charge is 0.318 e. The average molecular weight is 427 g/mol. The van der Waals surface area contributed by atoms with Crippen molar-refractivity contribution in [1.82, 2.24) is 20.2 Å². The highest BCUT2D eigenvalue weighted by molar-refractivity contribution is 5.81. The molecule has 0 atom stereocenters. The summed E-state index contributed by atoms with van der Waals surface area (Å²) in [5.74, 6) is 0. The van der Waals surface area contributed by atoms with Crippen LogP contribution in [0.4, 0.5) is 4.79 Å². The molecule has 0 saturated carbocycles. The number of nitrogens with zero attached hydrogens (tertiary/aromatic N) is 2. The Labute approximate surface area is 186 Å². The number of aryl methyl sites for hydroxylation is 2. The average Bonchev–Trinajstić information content (AvgIpc) is 2.80. The first-order valence-corrected chi connectivity index (χ1v) is 10.6. The van der Waals surface area contributed by atoms with Crippen LogP contribution in [0.2, 0.25) is 0 Å². The van der Waals surface area contributed by atoms with E-state index in [-0.39, 0.29) is 18.1 Å². The maximum atomic E-state index is 13.1. The van der Waals surface area contributed by atoms with Crippen LogP contribution in [0, 0.1) is 13.8 Å². The number of benzene rings is 2. The second-order valence-corrected chi connectivity index (χ2v) is 8.01.